The number of benzene rings is 1. The van der Waals surface area contributed by atoms with E-state index in [1.807, 2.05) is 12.1 Å². The zero-order valence-electron chi connectivity index (χ0n) is 11.7. The van der Waals surface area contributed by atoms with Crippen molar-refractivity contribution in [1.29, 1.82) is 0 Å². The molecule has 0 saturated heterocycles. The van der Waals surface area contributed by atoms with Crippen molar-refractivity contribution in [3.8, 4) is 0 Å². The van der Waals surface area contributed by atoms with Crippen molar-refractivity contribution in [2.24, 2.45) is 21.7 Å². The van der Waals surface area contributed by atoms with Gasteiger partial charge in [-0.05, 0) is 30.5 Å². The number of rotatable bonds is 7. The molecule has 4 N–H and O–H groups in total. The Balaban J connectivity index is 2.74. The molecule has 0 saturated carbocycles. The number of nitrogens with zero attached hydrogens (tertiary/aromatic N) is 3. The lowest BCUT2D eigenvalue weighted by Crippen LogP contribution is -2.24. The van der Waals surface area contributed by atoms with Crippen LogP contribution in [0.3, 0.4) is 0 Å². The lowest BCUT2D eigenvalue weighted by molar-refractivity contribution is 0.745. The van der Waals surface area contributed by atoms with Gasteiger partial charge in [-0.15, -0.1) is 5.10 Å². The van der Waals surface area contributed by atoms with Gasteiger partial charge in [-0.3, -0.25) is 0 Å². The fourth-order valence-corrected chi connectivity index (χ4v) is 1.84. The molecular weight excluding hydrogens is 238 g/mol. The maximum absolute atomic E-state index is 5.19. The Morgan fingerprint density at radius 2 is 1.68 bits per heavy atom. The molecule has 0 aliphatic rings. The van der Waals surface area contributed by atoms with E-state index in [1.54, 1.807) is 6.21 Å². The summed E-state index contributed by atoms with van der Waals surface area (Å²) >= 11 is 0. The van der Waals surface area contributed by atoms with Gasteiger partial charge in [0.2, 0.25) is 5.96 Å². The van der Waals surface area contributed by atoms with Crippen LogP contribution >= 0.6 is 0 Å². The maximum atomic E-state index is 5.19. The molecule has 0 heterocycles. The Morgan fingerprint density at radius 3 is 2.16 bits per heavy atom. The van der Waals surface area contributed by atoms with Crippen LogP contribution in [0.15, 0.2) is 34.5 Å². The van der Waals surface area contributed by atoms with Crippen LogP contribution in [0.5, 0.6) is 0 Å². The van der Waals surface area contributed by atoms with Gasteiger partial charge in [0, 0.05) is 18.8 Å². The molecular formula is C14H23N5. The molecule has 0 aliphatic heterocycles. The van der Waals surface area contributed by atoms with Crippen molar-refractivity contribution in [2.75, 3.05) is 18.0 Å². The first-order valence-corrected chi connectivity index (χ1v) is 6.64. The van der Waals surface area contributed by atoms with E-state index in [-0.39, 0.29) is 5.96 Å². The molecule has 104 valence electrons. The zero-order chi connectivity index (χ0) is 14.1. The Bertz CT molecular complexity index is 412. The monoisotopic (exact) mass is 261 g/mol. The van der Waals surface area contributed by atoms with E-state index in [4.69, 9.17) is 11.5 Å². The molecule has 1 aromatic carbocycles. The molecule has 1 rings (SSSR count). The normalized spacial score (nSPS) is 10.6. The highest BCUT2D eigenvalue weighted by molar-refractivity contribution is 5.82. The summed E-state index contributed by atoms with van der Waals surface area (Å²) in [6.45, 7) is 6.54. The summed E-state index contributed by atoms with van der Waals surface area (Å²) in [4.78, 5) is 2.39. The van der Waals surface area contributed by atoms with E-state index in [9.17, 15) is 0 Å². The van der Waals surface area contributed by atoms with E-state index < -0.39 is 0 Å². The SMILES string of the molecule is CCCN(CCC)c1ccc(C=NN=C(N)N)cc1. The molecule has 0 aromatic heterocycles. The van der Waals surface area contributed by atoms with Gasteiger partial charge in [0.15, 0.2) is 0 Å². The van der Waals surface area contributed by atoms with Crippen molar-refractivity contribution >= 4 is 17.9 Å². The summed E-state index contributed by atoms with van der Waals surface area (Å²) in [5.41, 5.74) is 12.6. The summed E-state index contributed by atoms with van der Waals surface area (Å²) in [6, 6.07) is 8.23. The van der Waals surface area contributed by atoms with Gasteiger partial charge in [-0.25, -0.2) is 0 Å². The average molecular weight is 261 g/mol. The molecule has 1 aromatic rings. The molecule has 0 amide bonds. The summed E-state index contributed by atoms with van der Waals surface area (Å²) in [5.74, 6) is -0.0371. The quantitative estimate of drug-likeness (QED) is 0.447. The third-order valence-corrected chi connectivity index (χ3v) is 2.63. The van der Waals surface area contributed by atoms with Crippen molar-refractivity contribution < 1.29 is 0 Å². The van der Waals surface area contributed by atoms with Gasteiger partial charge in [-0.1, -0.05) is 26.0 Å². The molecule has 5 heteroatoms. The second-order valence-corrected chi connectivity index (χ2v) is 4.35. The van der Waals surface area contributed by atoms with E-state index in [0.29, 0.717) is 0 Å². The predicted molar refractivity (Wildman–Crippen MR) is 82.6 cm³/mol. The average Bonchev–Trinajstić information content (AvgIpc) is 2.39. The molecule has 0 aliphatic carbocycles. The standard InChI is InChI=1S/C14H23N5/c1-3-9-19(10-4-2)13-7-5-12(6-8-13)11-17-18-14(15)16/h5-8,11H,3-4,9-10H2,1-2H3,(H4,15,16,18). The number of hydrogen-bond donors (Lipinski definition) is 2. The number of guanidine groups is 1. The highest BCUT2D eigenvalue weighted by Gasteiger charge is 2.03. The van der Waals surface area contributed by atoms with Gasteiger partial charge in [0.25, 0.3) is 0 Å². The molecule has 0 fully saturated rings. The molecule has 0 atom stereocenters. The van der Waals surface area contributed by atoms with E-state index in [2.05, 4.69) is 41.1 Å². The molecule has 5 nitrogen and oxygen atoms in total. The minimum absolute atomic E-state index is 0.0371. The molecule has 0 bridgehead atoms. The van der Waals surface area contributed by atoms with Crippen LogP contribution in [0.1, 0.15) is 32.3 Å². The third-order valence-electron chi connectivity index (χ3n) is 2.63. The van der Waals surface area contributed by atoms with Crippen molar-refractivity contribution in [3.63, 3.8) is 0 Å². The number of hydrogen-bond acceptors (Lipinski definition) is 3. The summed E-state index contributed by atoms with van der Waals surface area (Å²) in [5, 5.41) is 7.36. The van der Waals surface area contributed by atoms with Crippen LogP contribution in [-0.4, -0.2) is 25.3 Å². The van der Waals surface area contributed by atoms with Crippen LogP contribution in [-0.2, 0) is 0 Å². The van der Waals surface area contributed by atoms with Crippen molar-refractivity contribution in [3.05, 3.63) is 29.8 Å². The lowest BCUT2D eigenvalue weighted by atomic mass is 10.2. The summed E-state index contributed by atoms with van der Waals surface area (Å²) in [6.07, 6.45) is 3.93. The van der Waals surface area contributed by atoms with Gasteiger partial charge in [0.05, 0.1) is 6.21 Å². The van der Waals surface area contributed by atoms with E-state index >= 15 is 0 Å². The number of anilines is 1. The van der Waals surface area contributed by atoms with Crippen LogP contribution in [0.4, 0.5) is 5.69 Å². The first kappa shape index (κ1) is 15.0. The smallest absolute Gasteiger partial charge is 0.211 e. The van der Waals surface area contributed by atoms with E-state index in [1.165, 1.54) is 5.69 Å². The summed E-state index contributed by atoms with van der Waals surface area (Å²) < 4.78 is 0. The maximum Gasteiger partial charge on any atom is 0.211 e. The largest absolute Gasteiger partial charge is 0.372 e. The minimum atomic E-state index is -0.0371. The topological polar surface area (TPSA) is 80.0 Å². The Morgan fingerprint density at radius 1 is 1.11 bits per heavy atom. The lowest BCUT2D eigenvalue weighted by Gasteiger charge is -2.23. The highest BCUT2D eigenvalue weighted by Crippen LogP contribution is 2.15. The van der Waals surface area contributed by atoms with Crippen molar-refractivity contribution in [1.82, 2.24) is 0 Å². The van der Waals surface area contributed by atoms with Gasteiger partial charge in [-0.2, -0.15) is 5.10 Å². The first-order valence-electron chi connectivity index (χ1n) is 6.64. The number of nitrogens with two attached hydrogens (primary N) is 2. The molecule has 0 spiro atoms. The fraction of sp³-hybridized carbons (Fsp3) is 0.429. The van der Waals surface area contributed by atoms with Crippen molar-refractivity contribution in [2.45, 2.75) is 26.7 Å². The van der Waals surface area contributed by atoms with Gasteiger partial charge < -0.3 is 16.4 Å². The second kappa shape index (κ2) is 8.13. The van der Waals surface area contributed by atoms with Crippen LogP contribution < -0.4 is 16.4 Å². The summed E-state index contributed by atoms with van der Waals surface area (Å²) in [7, 11) is 0. The molecule has 0 unspecified atom stereocenters. The molecule has 0 radical (unpaired) electrons. The second-order valence-electron chi connectivity index (χ2n) is 4.35. The molecule has 19 heavy (non-hydrogen) atoms. The Hall–Kier alpha value is -2.04. The highest BCUT2D eigenvalue weighted by atomic mass is 15.3. The predicted octanol–water partition coefficient (Wildman–Crippen LogP) is 1.92. The first-order chi connectivity index (χ1) is 9.17. The minimum Gasteiger partial charge on any atom is -0.372 e. The zero-order valence-corrected chi connectivity index (χ0v) is 11.7. The van der Waals surface area contributed by atoms with Crippen LogP contribution in [0.25, 0.3) is 0 Å². The van der Waals surface area contributed by atoms with Crippen LogP contribution in [0.2, 0.25) is 0 Å². The third kappa shape index (κ3) is 5.42. The van der Waals surface area contributed by atoms with Gasteiger partial charge in [0.1, 0.15) is 0 Å². The van der Waals surface area contributed by atoms with Gasteiger partial charge >= 0.3 is 0 Å². The Labute approximate surface area is 115 Å². The van der Waals surface area contributed by atoms with E-state index in [0.717, 1.165) is 31.5 Å². The fourth-order valence-electron chi connectivity index (χ4n) is 1.84. The van der Waals surface area contributed by atoms with Crippen LogP contribution in [0, 0.1) is 0 Å². The Kier molecular flexibility index (Phi) is 6.43.